The number of amides is 1. The highest BCUT2D eigenvalue weighted by atomic mass is 79.9. The largest absolute Gasteiger partial charge is 0.352 e. The first-order valence-electron chi connectivity index (χ1n) is 6.52. The molecule has 1 fully saturated rings. The van der Waals surface area contributed by atoms with E-state index in [9.17, 15) is 13.6 Å². The summed E-state index contributed by atoms with van der Waals surface area (Å²) < 4.78 is 27.1. The van der Waals surface area contributed by atoms with Gasteiger partial charge in [-0.2, -0.15) is 0 Å². The molecule has 2 N–H and O–H groups in total. The lowest BCUT2D eigenvalue weighted by molar-refractivity contribution is -0.124. The summed E-state index contributed by atoms with van der Waals surface area (Å²) in [6, 6.07) is 6.91. The highest BCUT2D eigenvalue weighted by Gasteiger charge is 2.42. The Morgan fingerprint density at radius 2 is 2.15 bits per heavy atom. The van der Waals surface area contributed by atoms with Gasteiger partial charge in [-0.25, -0.2) is 8.78 Å². The minimum Gasteiger partial charge on any atom is -0.352 e. The van der Waals surface area contributed by atoms with Crippen LogP contribution < -0.4 is 10.6 Å². The minimum absolute atomic E-state index is 0.0975. The summed E-state index contributed by atoms with van der Waals surface area (Å²) in [7, 11) is 0. The fourth-order valence-corrected chi connectivity index (χ4v) is 2.53. The molecule has 20 heavy (non-hydrogen) atoms. The summed E-state index contributed by atoms with van der Waals surface area (Å²) in [5, 5.41) is 5.33. The Balaban J connectivity index is 1.84. The van der Waals surface area contributed by atoms with Gasteiger partial charge in [-0.15, -0.1) is 0 Å². The molecule has 2 atom stereocenters. The van der Waals surface area contributed by atoms with E-state index in [1.165, 1.54) is 0 Å². The van der Waals surface area contributed by atoms with Crippen molar-refractivity contribution in [1.29, 1.82) is 0 Å². The number of halogens is 3. The molecule has 0 spiro atoms. The molecule has 1 saturated heterocycles. The van der Waals surface area contributed by atoms with E-state index in [0.29, 0.717) is 6.42 Å². The first kappa shape index (κ1) is 15.4. The maximum Gasteiger partial charge on any atom is 0.262 e. The van der Waals surface area contributed by atoms with Crippen molar-refractivity contribution in [3.63, 3.8) is 0 Å². The molecular weight excluding hydrogens is 330 g/mol. The summed E-state index contributed by atoms with van der Waals surface area (Å²) in [6.07, 6.45) is 0.242. The summed E-state index contributed by atoms with van der Waals surface area (Å²) in [4.78, 5) is 11.9. The van der Waals surface area contributed by atoms with Crippen LogP contribution in [0.25, 0.3) is 0 Å². The topological polar surface area (TPSA) is 41.1 Å². The molecule has 1 aromatic carbocycles. The lowest BCUT2D eigenvalue weighted by Gasteiger charge is -2.17. The van der Waals surface area contributed by atoms with Crippen LogP contribution in [0.1, 0.15) is 18.9 Å². The van der Waals surface area contributed by atoms with Gasteiger partial charge in [-0.05, 0) is 31.0 Å². The molecule has 1 aromatic rings. The number of carbonyl (C=O) groups is 1. The minimum atomic E-state index is -2.78. The van der Waals surface area contributed by atoms with Gasteiger partial charge in [0, 0.05) is 16.9 Å². The van der Waals surface area contributed by atoms with Gasteiger partial charge in [0.25, 0.3) is 5.92 Å². The van der Waals surface area contributed by atoms with Gasteiger partial charge in [-0.1, -0.05) is 28.1 Å². The van der Waals surface area contributed by atoms with E-state index >= 15 is 0 Å². The predicted octanol–water partition coefficient (Wildman–Crippen LogP) is 2.49. The second kappa shape index (κ2) is 6.18. The van der Waals surface area contributed by atoms with E-state index in [1.807, 2.05) is 31.2 Å². The van der Waals surface area contributed by atoms with Gasteiger partial charge < -0.3 is 5.32 Å². The molecule has 1 aliphatic heterocycles. The fraction of sp³-hybridized carbons (Fsp3) is 0.500. The van der Waals surface area contributed by atoms with Crippen LogP contribution in [0.5, 0.6) is 0 Å². The van der Waals surface area contributed by atoms with Crippen LogP contribution in [-0.2, 0) is 11.2 Å². The van der Waals surface area contributed by atoms with Crippen LogP contribution in [0.2, 0.25) is 0 Å². The Kier molecular flexibility index (Phi) is 4.75. The zero-order chi connectivity index (χ0) is 14.8. The number of rotatable bonds is 4. The highest BCUT2D eigenvalue weighted by Crippen LogP contribution is 2.25. The number of nitrogens with one attached hydrogen (secondary N) is 2. The maximum atomic E-state index is 13.0. The fourth-order valence-electron chi connectivity index (χ4n) is 2.27. The number of benzene rings is 1. The molecule has 0 aliphatic carbocycles. The van der Waals surface area contributed by atoms with Gasteiger partial charge in [0.05, 0.1) is 12.6 Å². The molecule has 1 amide bonds. The SMILES string of the molecule is CC(Cc1ccc(Br)cc1)NC(=O)C1CC(F)(F)CN1. The molecule has 2 rings (SSSR count). The molecule has 0 aromatic heterocycles. The normalized spacial score (nSPS) is 22.5. The third kappa shape index (κ3) is 4.24. The van der Waals surface area contributed by atoms with E-state index in [0.717, 1.165) is 10.0 Å². The Labute approximate surface area is 125 Å². The first-order chi connectivity index (χ1) is 9.35. The lowest BCUT2D eigenvalue weighted by Crippen LogP contribution is -2.44. The van der Waals surface area contributed by atoms with Crippen molar-refractivity contribution >= 4 is 21.8 Å². The first-order valence-corrected chi connectivity index (χ1v) is 7.31. The van der Waals surface area contributed by atoms with Gasteiger partial charge in [0.1, 0.15) is 0 Å². The highest BCUT2D eigenvalue weighted by molar-refractivity contribution is 9.10. The molecule has 3 nitrogen and oxygen atoms in total. The summed E-state index contributed by atoms with van der Waals surface area (Å²) in [5.74, 6) is -3.14. The molecule has 1 heterocycles. The Morgan fingerprint density at radius 1 is 1.50 bits per heavy atom. The van der Waals surface area contributed by atoms with Crippen molar-refractivity contribution in [1.82, 2.24) is 10.6 Å². The van der Waals surface area contributed by atoms with Gasteiger partial charge in [-0.3, -0.25) is 10.1 Å². The van der Waals surface area contributed by atoms with Crippen molar-refractivity contribution in [2.24, 2.45) is 0 Å². The molecule has 1 aliphatic rings. The maximum absolute atomic E-state index is 13.0. The average molecular weight is 347 g/mol. The molecule has 0 radical (unpaired) electrons. The van der Waals surface area contributed by atoms with Crippen LogP contribution in [0.3, 0.4) is 0 Å². The quantitative estimate of drug-likeness (QED) is 0.879. The van der Waals surface area contributed by atoms with Crippen LogP contribution in [0.15, 0.2) is 28.7 Å². The smallest absolute Gasteiger partial charge is 0.262 e. The second-order valence-electron chi connectivity index (χ2n) is 5.23. The van der Waals surface area contributed by atoms with Crippen LogP contribution >= 0.6 is 15.9 Å². The summed E-state index contributed by atoms with van der Waals surface area (Å²) in [6.45, 7) is 1.44. The molecule has 0 saturated carbocycles. The second-order valence-corrected chi connectivity index (χ2v) is 6.15. The van der Waals surface area contributed by atoms with Crippen molar-refractivity contribution < 1.29 is 13.6 Å². The number of hydrogen-bond donors (Lipinski definition) is 2. The molecule has 6 heteroatoms. The Morgan fingerprint density at radius 3 is 2.70 bits per heavy atom. The van der Waals surface area contributed by atoms with E-state index in [2.05, 4.69) is 26.6 Å². The van der Waals surface area contributed by atoms with Crippen molar-refractivity contribution in [2.45, 2.75) is 37.8 Å². The van der Waals surface area contributed by atoms with Crippen molar-refractivity contribution in [2.75, 3.05) is 6.54 Å². The zero-order valence-electron chi connectivity index (χ0n) is 11.1. The van der Waals surface area contributed by atoms with Crippen LogP contribution in [0.4, 0.5) is 8.78 Å². The van der Waals surface area contributed by atoms with Gasteiger partial charge in [0.2, 0.25) is 5.91 Å². The monoisotopic (exact) mass is 346 g/mol. The molecule has 2 unspecified atom stereocenters. The third-order valence-corrected chi connectivity index (χ3v) is 3.80. The zero-order valence-corrected chi connectivity index (χ0v) is 12.7. The van der Waals surface area contributed by atoms with Gasteiger partial charge in [0.15, 0.2) is 0 Å². The standard InChI is InChI=1S/C14H17BrF2N2O/c1-9(6-10-2-4-11(15)5-3-10)19-13(20)12-7-14(16,17)8-18-12/h2-5,9,12,18H,6-8H2,1H3,(H,19,20). The number of alkyl halides is 2. The van der Waals surface area contributed by atoms with E-state index < -0.39 is 24.9 Å². The van der Waals surface area contributed by atoms with Gasteiger partial charge >= 0.3 is 0 Å². The third-order valence-electron chi connectivity index (χ3n) is 3.27. The average Bonchev–Trinajstić information content (AvgIpc) is 2.73. The van der Waals surface area contributed by atoms with E-state index in [4.69, 9.17) is 0 Å². The summed E-state index contributed by atoms with van der Waals surface area (Å²) >= 11 is 3.36. The summed E-state index contributed by atoms with van der Waals surface area (Å²) in [5.41, 5.74) is 1.09. The van der Waals surface area contributed by atoms with E-state index in [-0.39, 0.29) is 11.9 Å². The number of hydrogen-bond acceptors (Lipinski definition) is 2. The van der Waals surface area contributed by atoms with Crippen LogP contribution in [-0.4, -0.2) is 30.5 Å². The van der Waals surface area contributed by atoms with E-state index in [1.54, 1.807) is 0 Å². The lowest BCUT2D eigenvalue weighted by atomic mass is 10.1. The number of carbonyl (C=O) groups excluding carboxylic acids is 1. The Hall–Kier alpha value is -1.01. The molecular formula is C14H17BrF2N2O. The molecule has 110 valence electrons. The Bertz CT molecular complexity index is 479. The molecule has 0 bridgehead atoms. The van der Waals surface area contributed by atoms with Crippen molar-refractivity contribution in [3.8, 4) is 0 Å². The van der Waals surface area contributed by atoms with Crippen LogP contribution in [0, 0.1) is 0 Å². The predicted molar refractivity (Wildman–Crippen MR) is 76.8 cm³/mol. The van der Waals surface area contributed by atoms with Crippen molar-refractivity contribution in [3.05, 3.63) is 34.3 Å².